The standard InChI is InChI=1S/C19H30N4O2/c1-16-5-7-23(8-6-16)19(24)15-22-11-9-21(10-12-22)14-17-3-4-18(25-2)20-13-17/h3-4,13,16H,5-12,14-15H2,1-2H3. The molecule has 138 valence electrons. The third kappa shape index (κ3) is 5.16. The Morgan fingerprint density at radius 3 is 2.40 bits per heavy atom. The number of ether oxygens (including phenoxy) is 1. The largest absolute Gasteiger partial charge is 0.481 e. The first-order valence-electron chi connectivity index (χ1n) is 9.35. The van der Waals surface area contributed by atoms with Crippen LogP contribution in [0, 0.1) is 5.92 Å². The van der Waals surface area contributed by atoms with Gasteiger partial charge in [0.05, 0.1) is 13.7 Å². The molecule has 2 fully saturated rings. The van der Waals surface area contributed by atoms with Gasteiger partial charge in [0.15, 0.2) is 0 Å². The summed E-state index contributed by atoms with van der Waals surface area (Å²) in [6.45, 7) is 9.54. The van der Waals surface area contributed by atoms with E-state index in [1.807, 2.05) is 12.3 Å². The van der Waals surface area contributed by atoms with Crippen molar-refractivity contribution in [3.05, 3.63) is 23.9 Å². The van der Waals surface area contributed by atoms with Crippen LogP contribution in [-0.4, -0.2) is 78.5 Å². The van der Waals surface area contributed by atoms with Gasteiger partial charge in [-0.15, -0.1) is 0 Å². The van der Waals surface area contributed by atoms with Crippen molar-refractivity contribution in [2.45, 2.75) is 26.3 Å². The number of likely N-dealkylation sites (tertiary alicyclic amines) is 1. The number of aromatic nitrogens is 1. The number of nitrogens with zero attached hydrogens (tertiary/aromatic N) is 4. The van der Waals surface area contributed by atoms with Crippen molar-refractivity contribution in [3.63, 3.8) is 0 Å². The molecule has 0 bridgehead atoms. The monoisotopic (exact) mass is 346 g/mol. The molecular formula is C19H30N4O2. The first-order valence-corrected chi connectivity index (χ1v) is 9.35. The SMILES string of the molecule is COc1ccc(CN2CCN(CC(=O)N3CCC(C)CC3)CC2)cn1. The minimum absolute atomic E-state index is 0.305. The van der Waals surface area contributed by atoms with Crippen molar-refractivity contribution in [2.24, 2.45) is 5.92 Å². The van der Waals surface area contributed by atoms with Crippen LogP contribution < -0.4 is 4.74 Å². The molecule has 3 heterocycles. The molecule has 0 aromatic carbocycles. The molecule has 6 heteroatoms. The van der Waals surface area contributed by atoms with E-state index in [0.29, 0.717) is 18.3 Å². The van der Waals surface area contributed by atoms with Gasteiger partial charge in [-0.05, 0) is 24.3 Å². The van der Waals surface area contributed by atoms with E-state index in [0.717, 1.165) is 64.6 Å². The number of hydrogen-bond donors (Lipinski definition) is 0. The molecule has 6 nitrogen and oxygen atoms in total. The summed E-state index contributed by atoms with van der Waals surface area (Å²) in [6.07, 6.45) is 4.18. The summed E-state index contributed by atoms with van der Waals surface area (Å²) in [6, 6.07) is 3.98. The minimum Gasteiger partial charge on any atom is -0.481 e. The van der Waals surface area contributed by atoms with Gasteiger partial charge in [0.1, 0.15) is 0 Å². The molecule has 25 heavy (non-hydrogen) atoms. The van der Waals surface area contributed by atoms with Gasteiger partial charge in [-0.25, -0.2) is 4.98 Å². The van der Waals surface area contributed by atoms with Gasteiger partial charge < -0.3 is 9.64 Å². The van der Waals surface area contributed by atoms with Gasteiger partial charge in [0.25, 0.3) is 0 Å². The van der Waals surface area contributed by atoms with E-state index in [2.05, 4.69) is 32.7 Å². The number of piperazine rings is 1. The zero-order valence-electron chi connectivity index (χ0n) is 15.5. The first-order chi connectivity index (χ1) is 12.1. The lowest BCUT2D eigenvalue weighted by Gasteiger charge is -2.36. The molecule has 1 aromatic rings. The fraction of sp³-hybridized carbons (Fsp3) is 0.684. The fourth-order valence-electron chi connectivity index (χ4n) is 3.54. The van der Waals surface area contributed by atoms with Gasteiger partial charge in [-0.1, -0.05) is 13.0 Å². The van der Waals surface area contributed by atoms with E-state index in [9.17, 15) is 4.79 Å². The number of amides is 1. The number of methoxy groups -OCH3 is 1. The van der Waals surface area contributed by atoms with Crippen molar-refractivity contribution < 1.29 is 9.53 Å². The summed E-state index contributed by atoms with van der Waals surface area (Å²) in [5.74, 6) is 1.72. The highest BCUT2D eigenvalue weighted by molar-refractivity contribution is 5.78. The van der Waals surface area contributed by atoms with Crippen molar-refractivity contribution in [1.82, 2.24) is 19.7 Å². The number of rotatable bonds is 5. The molecule has 0 radical (unpaired) electrons. The maximum atomic E-state index is 12.5. The van der Waals surface area contributed by atoms with E-state index < -0.39 is 0 Å². The van der Waals surface area contributed by atoms with Gasteiger partial charge in [0, 0.05) is 58.1 Å². The maximum absolute atomic E-state index is 12.5. The maximum Gasteiger partial charge on any atom is 0.236 e. The quantitative estimate of drug-likeness (QED) is 0.808. The average molecular weight is 346 g/mol. The van der Waals surface area contributed by atoms with Crippen LogP contribution in [0.15, 0.2) is 18.3 Å². The highest BCUT2D eigenvalue weighted by Crippen LogP contribution is 2.16. The number of carbonyl (C=O) groups excluding carboxylic acids is 1. The molecule has 0 aliphatic carbocycles. The zero-order chi connectivity index (χ0) is 17.6. The van der Waals surface area contributed by atoms with E-state index in [1.54, 1.807) is 7.11 Å². The molecule has 2 aliphatic heterocycles. The lowest BCUT2D eigenvalue weighted by molar-refractivity contribution is -0.134. The second-order valence-corrected chi connectivity index (χ2v) is 7.32. The summed E-state index contributed by atoms with van der Waals surface area (Å²) in [5, 5.41) is 0. The number of hydrogen-bond acceptors (Lipinski definition) is 5. The second-order valence-electron chi connectivity index (χ2n) is 7.32. The van der Waals surface area contributed by atoms with E-state index in [1.165, 1.54) is 5.56 Å². The Balaban J connectivity index is 1.40. The second kappa shape index (κ2) is 8.63. The van der Waals surface area contributed by atoms with Crippen molar-refractivity contribution >= 4 is 5.91 Å². The molecule has 2 aliphatic rings. The van der Waals surface area contributed by atoms with E-state index in [-0.39, 0.29) is 0 Å². The lowest BCUT2D eigenvalue weighted by atomic mass is 9.99. The Kier molecular flexibility index (Phi) is 6.26. The van der Waals surface area contributed by atoms with Crippen LogP contribution >= 0.6 is 0 Å². The fourth-order valence-corrected chi connectivity index (χ4v) is 3.54. The molecule has 0 saturated carbocycles. The Labute approximate surface area is 150 Å². The smallest absolute Gasteiger partial charge is 0.236 e. The molecule has 0 spiro atoms. The predicted molar refractivity (Wildman–Crippen MR) is 97.5 cm³/mol. The zero-order valence-corrected chi connectivity index (χ0v) is 15.5. The molecule has 1 amide bonds. The third-order valence-electron chi connectivity index (χ3n) is 5.37. The molecule has 0 atom stereocenters. The van der Waals surface area contributed by atoms with Crippen LogP contribution in [-0.2, 0) is 11.3 Å². The average Bonchev–Trinajstić information content (AvgIpc) is 2.64. The number of carbonyl (C=O) groups is 1. The van der Waals surface area contributed by atoms with Gasteiger partial charge in [0.2, 0.25) is 11.8 Å². The van der Waals surface area contributed by atoms with Crippen LogP contribution in [0.25, 0.3) is 0 Å². The minimum atomic E-state index is 0.305. The number of pyridine rings is 1. The van der Waals surface area contributed by atoms with Crippen molar-refractivity contribution in [2.75, 3.05) is 52.9 Å². The summed E-state index contributed by atoms with van der Waals surface area (Å²) >= 11 is 0. The summed E-state index contributed by atoms with van der Waals surface area (Å²) < 4.78 is 5.10. The summed E-state index contributed by atoms with van der Waals surface area (Å²) in [5.41, 5.74) is 1.20. The lowest BCUT2D eigenvalue weighted by Crippen LogP contribution is -2.50. The highest BCUT2D eigenvalue weighted by Gasteiger charge is 2.24. The predicted octanol–water partition coefficient (Wildman–Crippen LogP) is 1.47. The molecule has 3 rings (SSSR count). The van der Waals surface area contributed by atoms with Gasteiger partial charge in [-0.2, -0.15) is 0 Å². The molecular weight excluding hydrogens is 316 g/mol. The number of piperidine rings is 1. The van der Waals surface area contributed by atoms with Crippen LogP contribution in [0.4, 0.5) is 0 Å². The molecule has 0 N–H and O–H groups in total. The summed E-state index contributed by atoms with van der Waals surface area (Å²) in [7, 11) is 1.63. The molecule has 1 aromatic heterocycles. The van der Waals surface area contributed by atoms with Crippen molar-refractivity contribution in [1.29, 1.82) is 0 Å². The Morgan fingerprint density at radius 2 is 1.80 bits per heavy atom. The Morgan fingerprint density at radius 1 is 1.12 bits per heavy atom. The first kappa shape index (κ1) is 18.1. The normalized spacial score (nSPS) is 20.6. The van der Waals surface area contributed by atoms with Crippen LogP contribution in [0.3, 0.4) is 0 Å². The Bertz CT molecular complexity index is 547. The van der Waals surface area contributed by atoms with Crippen LogP contribution in [0.2, 0.25) is 0 Å². The van der Waals surface area contributed by atoms with Gasteiger partial charge in [-0.3, -0.25) is 14.6 Å². The summed E-state index contributed by atoms with van der Waals surface area (Å²) in [4.78, 5) is 23.5. The van der Waals surface area contributed by atoms with E-state index >= 15 is 0 Å². The van der Waals surface area contributed by atoms with Crippen molar-refractivity contribution in [3.8, 4) is 5.88 Å². The highest BCUT2D eigenvalue weighted by atomic mass is 16.5. The third-order valence-corrected chi connectivity index (χ3v) is 5.37. The topological polar surface area (TPSA) is 48.9 Å². The van der Waals surface area contributed by atoms with Gasteiger partial charge >= 0.3 is 0 Å². The molecule has 0 unspecified atom stereocenters. The molecule has 2 saturated heterocycles. The van der Waals surface area contributed by atoms with Crippen LogP contribution in [0.1, 0.15) is 25.3 Å². The van der Waals surface area contributed by atoms with E-state index in [4.69, 9.17) is 4.74 Å². The Hall–Kier alpha value is -1.66. The van der Waals surface area contributed by atoms with Crippen LogP contribution in [0.5, 0.6) is 5.88 Å².